The van der Waals surface area contributed by atoms with Crippen molar-refractivity contribution in [3.05, 3.63) is 77.0 Å². The second-order valence-electron chi connectivity index (χ2n) is 4.30. The molecule has 3 nitrogen and oxygen atoms in total. The Kier molecular flexibility index (Phi) is 4.29. The first-order valence-electron chi connectivity index (χ1n) is 6.56. The van der Waals surface area contributed by atoms with Crippen LogP contribution in [0.15, 0.2) is 77.2 Å². The molecule has 0 spiro atoms. The molecule has 0 aliphatic carbocycles. The molecule has 0 amide bonds. The molecule has 0 radical (unpaired) electrons. The number of ether oxygens (including phenoxy) is 1. The molecular formula is C17H14N2OS. The molecule has 4 heteroatoms. The molecule has 0 saturated heterocycles. The zero-order chi connectivity index (χ0) is 14.3. The number of hydrazone groups is 1. The van der Waals surface area contributed by atoms with E-state index in [1.807, 2.05) is 72.1 Å². The van der Waals surface area contributed by atoms with E-state index in [0.717, 1.165) is 22.1 Å². The van der Waals surface area contributed by atoms with Crippen LogP contribution in [0.1, 0.15) is 4.88 Å². The molecule has 0 fully saturated rings. The van der Waals surface area contributed by atoms with E-state index >= 15 is 0 Å². The first kappa shape index (κ1) is 13.4. The van der Waals surface area contributed by atoms with Crippen molar-refractivity contribution in [2.75, 3.05) is 5.43 Å². The second kappa shape index (κ2) is 6.72. The quantitative estimate of drug-likeness (QED) is 0.531. The van der Waals surface area contributed by atoms with Crippen LogP contribution in [-0.4, -0.2) is 6.21 Å². The average Bonchev–Trinajstić information content (AvgIpc) is 2.97. The Balaban J connectivity index is 1.68. The van der Waals surface area contributed by atoms with Gasteiger partial charge >= 0.3 is 0 Å². The molecular weight excluding hydrogens is 280 g/mol. The lowest BCUT2D eigenvalue weighted by atomic mass is 10.3. The molecule has 0 atom stereocenters. The smallest absolute Gasteiger partial charge is 0.147 e. The summed E-state index contributed by atoms with van der Waals surface area (Å²) in [5.41, 5.74) is 3.95. The molecule has 21 heavy (non-hydrogen) atoms. The van der Waals surface area contributed by atoms with Crippen LogP contribution >= 0.6 is 11.3 Å². The lowest BCUT2D eigenvalue weighted by Gasteiger charge is -2.04. The number of anilines is 1. The normalized spacial score (nSPS) is 10.7. The van der Waals surface area contributed by atoms with Gasteiger partial charge in [-0.15, -0.1) is 11.3 Å². The number of hydrogen-bond acceptors (Lipinski definition) is 4. The second-order valence-corrected chi connectivity index (χ2v) is 5.25. The summed E-state index contributed by atoms with van der Waals surface area (Å²) in [4.78, 5) is 0.974. The Morgan fingerprint density at radius 2 is 1.62 bits per heavy atom. The molecule has 3 rings (SSSR count). The van der Waals surface area contributed by atoms with Crippen LogP contribution < -0.4 is 10.2 Å². The summed E-state index contributed by atoms with van der Waals surface area (Å²) in [6.07, 6.45) is 1.77. The van der Waals surface area contributed by atoms with Crippen molar-refractivity contribution in [3.63, 3.8) is 0 Å². The van der Waals surface area contributed by atoms with Crippen molar-refractivity contribution in [2.24, 2.45) is 5.10 Å². The van der Waals surface area contributed by atoms with Crippen molar-refractivity contribution in [1.29, 1.82) is 0 Å². The van der Waals surface area contributed by atoms with Crippen LogP contribution in [0.3, 0.4) is 0 Å². The van der Waals surface area contributed by atoms with Gasteiger partial charge in [0.15, 0.2) is 0 Å². The van der Waals surface area contributed by atoms with E-state index in [0.29, 0.717) is 0 Å². The summed E-state index contributed by atoms with van der Waals surface area (Å²) in [6.45, 7) is 0. The summed E-state index contributed by atoms with van der Waals surface area (Å²) < 4.78 is 5.84. The van der Waals surface area contributed by atoms with Crippen LogP contribution in [0, 0.1) is 0 Å². The Labute approximate surface area is 127 Å². The standard InChI is InChI=1S/C17H14N2OS/c1-3-7-14(8-4-1)19-18-13-17-16(11-12-21-17)20-15-9-5-2-6-10-15/h1-13,19H/b18-13+. The summed E-state index contributed by atoms with van der Waals surface area (Å²) in [6, 6.07) is 21.5. The molecule has 0 aliphatic rings. The van der Waals surface area contributed by atoms with E-state index in [1.54, 1.807) is 17.6 Å². The first-order chi connectivity index (χ1) is 10.4. The first-order valence-corrected chi connectivity index (χ1v) is 7.44. The van der Waals surface area contributed by atoms with Gasteiger partial charge in [0.25, 0.3) is 0 Å². The molecule has 1 aromatic heterocycles. The van der Waals surface area contributed by atoms with E-state index in [9.17, 15) is 0 Å². The zero-order valence-electron chi connectivity index (χ0n) is 11.3. The molecule has 0 unspecified atom stereocenters. The van der Waals surface area contributed by atoms with E-state index in [2.05, 4.69) is 10.5 Å². The fourth-order valence-corrected chi connectivity index (χ4v) is 2.46. The summed E-state index contributed by atoms with van der Waals surface area (Å²) >= 11 is 1.59. The van der Waals surface area contributed by atoms with Gasteiger partial charge in [-0.25, -0.2) is 0 Å². The highest BCUT2D eigenvalue weighted by Gasteiger charge is 2.04. The van der Waals surface area contributed by atoms with Crippen molar-refractivity contribution < 1.29 is 4.74 Å². The van der Waals surface area contributed by atoms with E-state index in [4.69, 9.17) is 4.74 Å². The number of thiophene rings is 1. The van der Waals surface area contributed by atoms with Gasteiger partial charge in [0.1, 0.15) is 11.5 Å². The minimum atomic E-state index is 0.810. The van der Waals surface area contributed by atoms with Crippen molar-refractivity contribution in [2.45, 2.75) is 0 Å². The number of rotatable bonds is 5. The van der Waals surface area contributed by atoms with Crippen molar-refractivity contribution in [1.82, 2.24) is 0 Å². The number of benzene rings is 2. The Morgan fingerprint density at radius 1 is 0.905 bits per heavy atom. The van der Waals surface area contributed by atoms with Gasteiger partial charge in [0, 0.05) is 0 Å². The fraction of sp³-hybridized carbons (Fsp3) is 0. The number of para-hydroxylation sites is 2. The minimum absolute atomic E-state index is 0.810. The van der Waals surface area contributed by atoms with Gasteiger partial charge in [-0.2, -0.15) is 5.10 Å². The third-order valence-corrected chi connectivity index (χ3v) is 3.61. The highest BCUT2D eigenvalue weighted by molar-refractivity contribution is 7.12. The van der Waals surface area contributed by atoms with Crippen LogP contribution in [0.5, 0.6) is 11.5 Å². The average molecular weight is 294 g/mol. The van der Waals surface area contributed by atoms with Crippen LogP contribution in [0.4, 0.5) is 5.69 Å². The molecule has 0 saturated carbocycles. The number of nitrogens with zero attached hydrogens (tertiary/aromatic N) is 1. The minimum Gasteiger partial charge on any atom is -0.456 e. The molecule has 104 valence electrons. The molecule has 0 bridgehead atoms. The largest absolute Gasteiger partial charge is 0.456 e. The lowest BCUT2D eigenvalue weighted by molar-refractivity contribution is 0.484. The predicted molar refractivity (Wildman–Crippen MR) is 88.5 cm³/mol. The van der Waals surface area contributed by atoms with Gasteiger partial charge in [-0.1, -0.05) is 36.4 Å². The Bertz CT molecular complexity index is 708. The monoisotopic (exact) mass is 294 g/mol. The van der Waals surface area contributed by atoms with Gasteiger partial charge in [0.2, 0.25) is 0 Å². The molecule has 1 N–H and O–H groups in total. The summed E-state index contributed by atoms with van der Waals surface area (Å²) in [7, 11) is 0. The van der Waals surface area contributed by atoms with Gasteiger partial charge in [-0.3, -0.25) is 5.43 Å². The lowest BCUT2D eigenvalue weighted by Crippen LogP contribution is -1.90. The van der Waals surface area contributed by atoms with Gasteiger partial charge < -0.3 is 4.74 Å². The van der Waals surface area contributed by atoms with E-state index in [-0.39, 0.29) is 0 Å². The zero-order valence-corrected chi connectivity index (χ0v) is 12.1. The van der Waals surface area contributed by atoms with Crippen LogP contribution in [-0.2, 0) is 0 Å². The highest BCUT2D eigenvalue weighted by atomic mass is 32.1. The summed E-state index contributed by atoms with van der Waals surface area (Å²) in [5.74, 6) is 1.63. The number of nitrogens with one attached hydrogen (secondary N) is 1. The Morgan fingerprint density at radius 3 is 2.38 bits per heavy atom. The molecule has 0 aliphatic heterocycles. The van der Waals surface area contributed by atoms with Crippen LogP contribution in [0.2, 0.25) is 0 Å². The predicted octanol–water partition coefficient (Wildman–Crippen LogP) is 4.99. The molecule has 2 aromatic carbocycles. The maximum absolute atomic E-state index is 5.84. The third-order valence-electron chi connectivity index (χ3n) is 2.78. The maximum Gasteiger partial charge on any atom is 0.147 e. The van der Waals surface area contributed by atoms with Crippen molar-refractivity contribution >= 4 is 23.2 Å². The van der Waals surface area contributed by atoms with Gasteiger partial charge in [0.05, 0.1) is 16.8 Å². The van der Waals surface area contributed by atoms with Crippen molar-refractivity contribution in [3.8, 4) is 11.5 Å². The SMILES string of the molecule is C(=N\Nc1ccccc1)/c1sccc1Oc1ccccc1. The maximum atomic E-state index is 5.84. The summed E-state index contributed by atoms with van der Waals surface area (Å²) in [5, 5.41) is 6.23. The van der Waals surface area contributed by atoms with E-state index in [1.165, 1.54) is 0 Å². The Hall–Kier alpha value is -2.59. The molecule has 1 heterocycles. The third kappa shape index (κ3) is 3.70. The number of hydrogen-bond donors (Lipinski definition) is 1. The van der Waals surface area contributed by atoms with Crippen LogP contribution in [0.25, 0.3) is 0 Å². The highest BCUT2D eigenvalue weighted by Crippen LogP contribution is 2.28. The van der Waals surface area contributed by atoms with E-state index < -0.39 is 0 Å². The molecule has 3 aromatic rings. The topological polar surface area (TPSA) is 33.6 Å². The van der Waals surface area contributed by atoms with Gasteiger partial charge in [-0.05, 0) is 35.7 Å². The fourth-order valence-electron chi connectivity index (χ4n) is 1.78.